The van der Waals surface area contributed by atoms with Crippen molar-refractivity contribution in [2.45, 2.75) is 27.2 Å². The van der Waals surface area contributed by atoms with E-state index in [0.29, 0.717) is 48.1 Å². The van der Waals surface area contributed by atoms with Crippen molar-refractivity contribution in [1.82, 2.24) is 5.32 Å². The molecule has 7 heteroatoms. The largest absolute Gasteiger partial charge is 0.490 e. The smallest absolute Gasteiger partial charge is 0.255 e. The van der Waals surface area contributed by atoms with Crippen LogP contribution in [0, 0.1) is 0 Å². The Bertz CT molecular complexity index is 839. The summed E-state index contributed by atoms with van der Waals surface area (Å²) in [5.41, 5.74) is 1.29. The summed E-state index contributed by atoms with van der Waals surface area (Å²) in [6.07, 6.45) is 0.837. The molecule has 0 bridgehead atoms. The maximum Gasteiger partial charge on any atom is 0.255 e. The van der Waals surface area contributed by atoms with Crippen LogP contribution in [-0.4, -0.2) is 31.6 Å². The first-order valence-corrected chi connectivity index (χ1v) is 9.66. The van der Waals surface area contributed by atoms with E-state index in [1.165, 1.54) is 0 Å². The van der Waals surface area contributed by atoms with Gasteiger partial charge in [-0.25, -0.2) is 0 Å². The zero-order valence-electron chi connectivity index (χ0n) is 16.3. The van der Waals surface area contributed by atoms with Gasteiger partial charge in [0.25, 0.3) is 11.8 Å². The molecule has 0 heterocycles. The normalized spacial score (nSPS) is 10.3. The summed E-state index contributed by atoms with van der Waals surface area (Å²) >= 11 is 6.21. The van der Waals surface area contributed by atoms with Crippen molar-refractivity contribution in [2.24, 2.45) is 0 Å². The summed E-state index contributed by atoms with van der Waals surface area (Å²) in [4.78, 5) is 24.6. The molecule has 0 aliphatic heterocycles. The molecule has 0 saturated carbocycles. The van der Waals surface area contributed by atoms with E-state index in [1.807, 2.05) is 20.8 Å². The van der Waals surface area contributed by atoms with Crippen LogP contribution in [0.1, 0.15) is 47.9 Å². The van der Waals surface area contributed by atoms with Gasteiger partial charge in [-0.15, -0.1) is 0 Å². The highest BCUT2D eigenvalue weighted by Gasteiger charge is 2.14. The summed E-state index contributed by atoms with van der Waals surface area (Å²) in [5, 5.41) is 5.82. The zero-order valence-corrected chi connectivity index (χ0v) is 17.1. The van der Waals surface area contributed by atoms with Crippen molar-refractivity contribution >= 4 is 29.1 Å². The Morgan fingerprint density at radius 1 is 0.929 bits per heavy atom. The number of amides is 2. The molecule has 0 spiro atoms. The van der Waals surface area contributed by atoms with Crippen LogP contribution >= 0.6 is 11.6 Å². The molecule has 0 saturated heterocycles. The third-order valence-electron chi connectivity index (χ3n) is 3.81. The third-order valence-corrected chi connectivity index (χ3v) is 4.13. The Morgan fingerprint density at radius 2 is 1.64 bits per heavy atom. The van der Waals surface area contributed by atoms with Crippen molar-refractivity contribution in [2.75, 3.05) is 25.1 Å². The van der Waals surface area contributed by atoms with Crippen molar-refractivity contribution in [3.63, 3.8) is 0 Å². The van der Waals surface area contributed by atoms with Gasteiger partial charge in [0, 0.05) is 17.8 Å². The Balaban J connectivity index is 2.15. The number of benzene rings is 2. The van der Waals surface area contributed by atoms with Gasteiger partial charge in [-0.1, -0.05) is 18.5 Å². The zero-order chi connectivity index (χ0) is 20.5. The molecule has 0 aliphatic carbocycles. The van der Waals surface area contributed by atoms with Crippen LogP contribution in [0.15, 0.2) is 36.4 Å². The average Bonchev–Trinajstić information content (AvgIpc) is 2.68. The molecule has 150 valence electrons. The van der Waals surface area contributed by atoms with Gasteiger partial charge in [-0.05, 0) is 56.7 Å². The highest BCUT2D eigenvalue weighted by atomic mass is 35.5. The molecule has 0 atom stereocenters. The van der Waals surface area contributed by atoms with Gasteiger partial charge in [-0.3, -0.25) is 9.59 Å². The minimum absolute atomic E-state index is 0.238. The van der Waals surface area contributed by atoms with Crippen LogP contribution in [0.4, 0.5) is 5.69 Å². The van der Waals surface area contributed by atoms with Crippen LogP contribution < -0.4 is 20.1 Å². The van der Waals surface area contributed by atoms with Gasteiger partial charge in [0.2, 0.25) is 0 Å². The highest BCUT2D eigenvalue weighted by Crippen LogP contribution is 2.29. The molecule has 28 heavy (non-hydrogen) atoms. The standard InChI is InChI=1S/C21H25ClN2O4/c1-4-11-23-21(26)16-9-8-15(13-17(16)22)24-20(25)14-7-10-18(27-5-2)19(12-14)28-6-3/h7-10,12-13H,4-6,11H2,1-3H3,(H,23,26)(H,24,25). The fourth-order valence-electron chi connectivity index (χ4n) is 2.51. The Morgan fingerprint density at radius 3 is 2.29 bits per heavy atom. The van der Waals surface area contributed by atoms with E-state index in [4.69, 9.17) is 21.1 Å². The van der Waals surface area contributed by atoms with Gasteiger partial charge < -0.3 is 20.1 Å². The van der Waals surface area contributed by atoms with Crippen molar-refractivity contribution in [1.29, 1.82) is 0 Å². The van der Waals surface area contributed by atoms with Gasteiger partial charge in [-0.2, -0.15) is 0 Å². The number of hydrogen-bond acceptors (Lipinski definition) is 4. The lowest BCUT2D eigenvalue weighted by Crippen LogP contribution is -2.24. The predicted octanol–water partition coefficient (Wildman–Crippen LogP) is 4.53. The van der Waals surface area contributed by atoms with E-state index in [9.17, 15) is 9.59 Å². The quantitative estimate of drug-likeness (QED) is 0.643. The summed E-state index contributed by atoms with van der Waals surface area (Å²) in [5.74, 6) is 0.546. The van der Waals surface area contributed by atoms with Gasteiger partial charge >= 0.3 is 0 Å². The molecule has 6 nitrogen and oxygen atoms in total. The van der Waals surface area contributed by atoms with E-state index < -0.39 is 0 Å². The lowest BCUT2D eigenvalue weighted by Gasteiger charge is -2.13. The maximum absolute atomic E-state index is 12.6. The molecular formula is C21H25ClN2O4. The second-order valence-electron chi connectivity index (χ2n) is 5.93. The Kier molecular flexibility index (Phi) is 8.14. The molecule has 0 radical (unpaired) electrons. The fourth-order valence-corrected chi connectivity index (χ4v) is 2.77. The molecular weight excluding hydrogens is 380 g/mol. The monoisotopic (exact) mass is 404 g/mol. The van der Waals surface area contributed by atoms with Gasteiger partial charge in [0.1, 0.15) is 0 Å². The number of carbonyl (C=O) groups excluding carboxylic acids is 2. The number of anilines is 1. The van der Waals surface area contributed by atoms with E-state index in [0.717, 1.165) is 6.42 Å². The third kappa shape index (κ3) is 5.63. The predicted molar refractivity (Wildman–Crippen MR) is 111 cm³/mol. The first-order chi connectivity index (χ1) is 13.5. The molecule has 0 fully saturated rings. The van der Waals surface area contributed by atoms with Crippen LogP contribution in [0.2, 0.25) is 5.02 Å². The highest BCUT2D eigenvalue weighted by molar-refractivity contribution is 6.34. The molecule has 2 amide bonds. The molecule has 2 rings (SSSR count). The molecule has 2 N–H and O–H groups in total. The van der Waals surface area contributed by atoms with E-state index in [1.54, 1.807) is 36.4 Å². The van der Waals surface area contributed by atoms with Gasteiger partial charge in [0.05, 0.1) is 23.8 Å². The number of nitrogens with one attached hydrogen (secondary N) is 2. The molecule has 0 aliphatic rings. The van der Waals surface area contributed by atoms with Crippen LogP contribution in [0.25, 0.3) is 0 Å². The number of hydrogen-bond donors (Lipinski definition) is 2. The molecule has 0 unspecified atom stereocenters. The summed E-state index contributed by atoms with van der Waals surface area (Å²) in [7, 11) is 0. The summed E-state index contributed by atoms with van der Waals surface area (Å²) in [6, 6.07) is 9.79. The Hall–Kier alpha value is -2.73. The second-order valence-corrected chi connectivity index (χ2v) is 6.34. The minimum Gasteiger partial charge on any atom is -0.490 e. The van der Waals surface area contributed by atoms with Crippen LogP contribution in [0.5, 0.6) is 11.5 Å². The molecule has 2 aromatic rings. The molecule has 2 aromatic carbocycles. The van der Waals surface area contributed by atoms with Crippen LogP contribution in [0.3, 0.4) is 0 Å². The second kappa shape index (κ2) is 10.6. The maximum atomic E-state index is 12.6. The topological polar surface area (TPSA) is 76.7 Å². The lowest BCUT2D eigenvalue weighted by molar-refractivity contribution is 0.0953. The number of ether oxygens (including phenoxy) is 2. The van der Waals surface area contributed by atoms with Crippen LogP contribution in [-0.2, 0) is 0 Å². The first kappa shape index (κ1) is 21.6. The SMILES string of the molecule is CCCNC(=O)c1ccc(NC(=O)c2ccc(OCC)c(OCC)c2)cc1Cl. The van der Waals surface area contributed by atoms with Crippen molar-refractivity contribution in [3.8, 4) is 11.5 Å². The average molecular weight is 405 g/mol. The number of halogens is 1. The van der Waals surface area contributed by atoms with Crippen molar-refractivity contribution in [3.05, 3.63) is 52.5 Å². The van der Waals surface area contributed by atoms with E-state index >= 15 is 0 Å². The number of carbonyl (C=O) groups is 2. The van der Waals surface area contributed by atoms with Crippen molar-refractivity contribution < 1.29 is 19.1 Å². The van der Waals surface area contributed by atoms with E-state index in [-0.39, 0.29) is 16.8 Å². The summed E-state index contributed by atoms with van der Waals surface area (Å²) in [6.45, 7) is 7.26. The van der Waals surface area contributed by atoms with Gasteiger partial charge in [0.15, 0.2) is 11.5 Å². The lowest BCUT2D eigenvalue weighted by atomic mass is 10.1. The Labute approximate surface area is 170 Å². The number of rotatable bonds is 9. The fraction of sp³-hybridized carbons (Fsp3) is 0.333. The summed E-state index contributed by atoms with van der Waals surface area (Å²) < 4.78 is 11.1. The van der Waals surface area contributed by atoms with E-state index in [2.05, 4.69) is 10.6 Å². The molecule has 0 aromatic heterocycles. The minimum atomic E-state index is -0.316. The first-order valence-electron chi connectivity index (χ1n) is 9.28.